The van der Waals surface area contributed by atoms with E-state index in [0.717, 1.165) is 71.6 Å². The number of ketones is 1. The number of aromatic hydroxyl groups is 1. The highest BCUT2D eigenvalue weighted by atomic mass is 16.7. The van der Waals surface area contributed by atoms with Gasteiger partial charge < -0.3 is 69.3 Å². The smallest absolute Gasteiger partial charge is 0.350 e. The summed E-state index contributed by atoms with van der Waals surface area (Å²) in [5, 5.41) is 81.3. The Balaban J connectivity index is 1.78. The summed E-state index contributed by atoms with van der Waals surface area (Å²) in [7, 11) is 0. The van der Waals surface area contributed by atoms with Crippen molar-refractivity contribution < 1.29 is 98.0 Å². The van der Waals surface area contributed by atoms with Crippen LogP contribution in [0.3, 0.4) is 0 Å². The molecule has 0 aliphatic carbocycles. The molecule has 10 atom stereocenters. The first kappa shape index (κ1) is 57.8. The van der Waals surface area contributed by atoms with E-state index in [1.54, 1.807) is 19.1 Å². The third-order valence-electron chi connectivity index (χ3n) is 11.1. The van der Waals surface area contributed by atoms with Crippen molar-refractivity contribution in [2.45, 2.75) is 198 Å². The third kappa shape index (κ3) is 21.6. The van der Waals surface area contributed by atoms with Gasteiger partial charge in [0.25, 0.3) is 0 Å². The van der Waals surface area contributed by atoms with Crippen molar-refractivity contribution in [2.24, 2.45) is 0 Å². The largest absolute Gasteiger partial charge is 0.507 e. The molecule has 1 fully saturated rings. The van der Waals surface area contributed by atoms with Crippen molar-refractivity contribution in [1.29, 1.82) is 0 Å². The van der Waals surface area contributed by atoms with Gasteiger partial charge in [-0.2, -0.15) is 0 Å². The average molecular weight is 945 g/mol. The zero-order valence-electron chi connectivity index (χ0n) is 38.3. The van der Waals surface area contributed by atoms with Crippen molar-refractivity contribution >= 4 is 35.6 Å². The summed E-state index contributed by atoms with van der Waals surface area (Å²) in [4.78, 5) is 71.6. The molecular formula is C46H72O20. The van der Waals surface area contributed by atoms with E-state index in [-0.39, 0.29) is 11.3 Å². The zero-order valence-corrected chi connectivity index (χ0v) is 38.3. The normalized spacial score (nSPS) is 20.6. The number of hydrogen-bond acceptors (Lipinski definition) is 18. The van der Waals surface area contributed by atoms with Gasteiger partial charge in [-0.25, -0.2) is 9.59 Å². The van der Waals surface area contributed by atoms with E-state index < -0.39 is 123 Å². The van der Waals surface area contributed by atoms with Crippen LogP contribution in [0.4, 0.5) is 0 Å². The molecule has 0 radical (unpaired) electrons. The Morgan fingerprint density at radius 1 is 0.742 bits per heavy atom. The number of ether oxygens (including phenoxy) is 6. The van der Waals surface area contributed by atoms with Gasteiger partial charge in [0.15, 0.2) is 18.2 Å². The van der Waals surface area contributed by atoms with E-state index in [0.29, 0.717) is 24.8 Å². The first-order valence-electron chi connectivity index (χ1n) is 22.9. The number of aryl methyl sites for hydroxylation is 1. The van der Waals surface area contributed by atoms with Gasteiger partial charge in [-0.05, 0) is 44.2 Å². The second-order valence-electron chi connectivity index (χ2n) is 16.8. The van der Waals surface area contributed by atoms with E-state index in [1.165, 1.54) is 38.2 Å². The molecule has 0 spiro atoms. The van der Waals surface area contributed by atoms with Crippen molar-refractivity contribution in [3.05, 3.63) is 29.3 Å². The predicted molar refractivity (Wildman–Crippen MR) is 232 cm³/mol. The summed E-state index contributed by atoms with van der Waals surface area (Å²) in [5.41, 5.74) is 0.664. The molecule has 376 valence electrons. The number of carbonyl (C=O) groups is 6. The van der Waals surface area contributed by atoms with Crippen molar-refractivity contribution in [1.82, 2.24) is 0 Å². The van der Waals surface area contributed by atoms with Gasteiger partial charge in [0.1, 0.15) is 61.0 Å². The Labute approximate surface area is 385 Å². The van der Waals surface area contributed by atoms with Crippen LogP contribution in [0.2, 0.25) is 0 Å². The summed E-state index contributed by atoms with van der Waals surface area (Å²) in [5.74, 6) is -6.81. The highest BCUT2D eigenvalue weighted by Crippen LogP contribution is 2.28. The Bertz CT molecular complexity index is 1640. The number of carbonyl (C=O) groups excluding carboxylic acids is 4. The summed E-state index contributed by atoms with van der Waals surface area (Å²) in [6, 6.07) is 4.82. The van der Waals surface area contributed by atoms with E-state index in [4.69, 9.17) is 33.5 Å². The average Bonchev–Trinajstić information content (AvgIpc) is 3.24. The molecule has 0 amide bonds. The number of rotatable bonds is 35. The molecule has 66 heavy (non-hydrogen) atoms. The monoisotopic (exact) mass is 944 g/mol. The Kier molecular flexibility index (Phi) is 27.7. The van der Waals surface area contributed by atoms with Crippen LogP contribution in [-0.2, 0) is 58.8 Å². The molecule has 2 rings (SSSR count). The molecule has 1 aliphatic rings. The van der Waals surface area contributed by atoms with E-state index in [2.05, 4.69) is 0 Å². The van der Waals surface area contributed by atoms with Crippen molar-refractivity contribution in [3.8, 4) is 5.75 Å². The van der Waals surface area contributed by atoms with Crippen LogP contribution < -0.4 is 0 Å². The van der Waals surface area contributed by atoms with E-state index in [1.807, 2.05) is 0 Å². The number of benzene rings is 1. The van der Waals surface area contributed by atoms with Crippen LogP contribution >= 0.6 is 0 Å². The Hall–Kier alpha value is -4.28. The molecule has 1 heterocycles. The fourth-order valence-electron chi connectivity index (χ4n) is 7.63. The number of esters is 3. The standard InChI is InChI=1S/C46H72O20/c1-28(20-17-15-13-11-9-7-5-4-6-8-10-12-14-16-18-21-31-22-19-23-33(51)37(31)44(58)59)62-45(60)42(63-29(2)48)40(56)39(55)35(27-61-26-32(50)24-36(52)53)66-46-43(64-30(3)49)41(57)38(54)34(25-47)65-46/h19,22-23,28,34-35,38-43,46-47,51,54-57H,4-18,20-21,24-27H2,1-3H3,(H,52,53)(H,58,59). The topological polar surface area (TPSA) is 320 Å². The van der Waals surface area contributed by atoms with Crippen LogP contribution in [0.1, 0.15) is 146 Å². The van der Waals surface area contributed by atoms with Crippen LogP contribution in [0, 0.1) is 0 Å². The highest BCUT2D eigenvalue weighted by Gasteiger charge is 2.49. The quantitative estimate of drug-likeness (QED) is 0.0209. The van der Waals surface area contributed by atoms with E-state index >= 15 is 0 Å². The molecule has 20 heteroatoms. The van der Waals surface area contributed by atoms with Crippen molar-refractivity contribution in [2.75, 3.05) is 19.8 Å². The summed E-state index contributed by atoms with van der Waals surface area (Å²) < 4.78 is 32.0. The third-order valence-corrected chi connectivity index (χ3v) is 11.1. The predicted octanol–water partition coefficient (Wildman–Crippen LogP) is 3.28. The first-order chi connectivity index (χ1) is 31.4. The Morgan fingerprint density at radius 3 is 1.82 bits per heavy atom. The van der Waals surface area contributed by atoms with Crippen LogP contribution in [0.25, 0.3) is 0 Å². The van der Waals surface area contributed by atoms with Crippen LogP contribution in [0.5, 0.6) is 5.75 Å². The molecule has 0 bridgehead atoms. The molecule has 0 saturated carbocycles. The van der Waals surface area contributed by atoms with Crippen LogP contribution in [-0.4, -0.2) is 158 Å². The summed E-state index contributed by atoms with van der Waals surface area (Å²) in [6.07, 6.45) is -1.86. The molecule has 1 aliphatic heterocycles. The number of Topliss-reactive ketones (excluding diaryl/α,β-unsaturated/α-hetero) is 1. The number of hydrogen-bond donors (Lipinski definition) is 8. The lowest BCUT2D eigenvalue weighted by molar-refractivity contribution is -0.324. The van der Waals surface area contributed by atoms with Gasteiger partial charge in [0, 0.05) is 13.8 Å². The molecule has 8 N–H and O–H groups in total. The van der Waals surface area contributed by atoms with Crippen molar-refractivity contribution in [3.63, 3.8) is 0 Å². The summed E-state index contributed by atoms with van der Waals surface area (Å²) >= 11 is 0. The number of aliphatic hydroxyl groups excluding tert-OH is 5. The number of aromatic carboxylic acids is 1. The lowest BCUT2D eigenvalue weighted by Gasteiger charge is -2.43. The molecule has 10 unspecified atom stereocenters. The van der Waals surface area contributed by atoms with Gasteiger partial charge in [-0.1, -0.05) is 95.6 Å². The van der Waals surface area contributed by atoms with Gasteiger partial charge in [-0.3, -0.25) is 19.2 Å². The minimum Gasteiger partial charge on any atom is -0.507 e. The number of aliphatic carboxylic acids is 1. The molecule has 20 nitrogen and oxygen atoms in total. The lowest BCUT2D eigenvalue weighted by Crippen LogP contribution is -2.62. The van der Waals surface area contributed by atoms with Gasteiger partial charge in [-0.15, -0.1) is 0 Å². The zero-order chi connectivity index (χ0) is 49.2. The maximum atomic E-state index is 13.3. The first-order valence-corrected chi connectivity index (χ1v) is 22.9. The van der Waals surface area contributed by atoms with Gasteiger partial charge >= 0.3 is 29.8 Å². The number of carboxylic acid groups (broad SMARTS) is 2. The SMILES string of the molecule is CC(=O)OC(C(=O)OC(C)CCCCCCCCCCCCCCCCCc1cccc(O)c1C(=O)O)C(O)C(O)C(COCC(=O)CC(=O)O)OC1OC(CO)C(O)C(O)C1OC(C)=O. The molecular weight excluding hydrogens is 872 g/mol. The number of unbranched alkanes of at least 4 members (excludes halogenated alkanes) is 14. The fourth-order valence-corrected chi connectivity index (χ4v) is 7.63. The number of carboxylic acids is 2. The highest BCUT2D eigenvalue weighted by molar-refractivity contribution is 5.95. The minimum atomic E-state index is -2.28. The Morgan fingerprint density at radius 2 is 1.30 bits per heavy atom. The molecule has 1 aromatic rings. The molecule has 1 aromatic carbocycles. The lowest BCUT2D eigenvalue weighted by atomic mass is 9.98. The fraction of sp³-hybridized carbons (Fsp3) is 0.739. The number of aliphatic hydroxyl groups is 5. The molecule has 0 aromatic heterocycles. The second kappa shape index (κ2) is 31.6. The maximum Gasteiger partial charge on any atom is 0.350 e. The van der Waals surface area contributed by atoms with Gasteiger partial charge in [0.2, 0.25) is 6.10 Å². The van der Waals surface area contributed by atoms with Gasteiger partial charge in [0.05, 0.1) is 19.3 Å². The van der Waals surface area contributed by atoms with E-state index in [9.17, 15) is 64.5 Å². The molecule has 1 saturated heterocycles. The maximum absolute atomic E-state index is 13.3. The summed E-state index contributed by atoms with van der Waals surface area (Å²) in [6.45, 7) is 1.07. The minimum absolute atomic E-state index is 0.00268. The second-order valence-corrected chi connectivity index (χ2v) is 16.8. The van der Waals surface area contributed by atoms with Crippen LogP contribution in [0.15, 0.2) is 18.2 Å². The number of phenols is 1.